The largest absolute Gasteiger partial charge is 0.385 e. The van der Waals surface area contributed by atoms with Crippen LogP contribution in [0.15, 0.2) is 6.58 Å². The number of halogens is 1. The second-order valence-corrected chi connectivity index (χ2v) is 7.64. The van der Waals surface area contributed by atoms with Gasteiger partial charge in [0, 0.05) is 35.6 Å². The zero-order valence-corrected chi connectivity index (χ0v) is 13.8. The molecule has 3 rings (SSSR count). The van der Waals surface area contributed by atoms with E-state index in [4.69, 9.17) is 0 Å². The van der Waals surface area contributed by atoms with Gasteiger partial charge in [0.2, 0.25) is 0 Å². The first-order valence-electron chi connectivity index (χ1n) is 7.97. The van der Waals surface area contributed by atoms with Gasteiger partial charge in [-0.15, -0.1) is 11.3 Å². The number of fused-ring (bicyclic) bond motifs is 1. The standard InChI is InChI=1S/C17H25FN2S/c1-11(20-10-12-8-9-17(12,2)18)15-13-6-4-5-7-14(13)21-16(15)19-3/h12,19-20H,1,4-10H2,2-3H3. The van der Waals surface area contributed by atoms with Crippen LogP contribution in [0.5, 0.6) is 0 Å². The third-order valence-corrected chi connectivity index (χ3v) is 6.40. The number of anilines is 1. The van der Waals surface area contributed by atoms with Crippen molar-refractivity contribution in [3.8, 4) is 0 Å². The average Bonchev–Trinajstić information content (AvgIpc) is 2.84. The molecule has 0 aliphatic heterocycles. The molecular weight excluding hydrogens is 283 g/mol. The molecule has 0 amide bonds. The van der Waals surface area contributed by atoms with Gasteiger partial charge in [-0.2, -0.15) is 0 Å². The van der Waals surface area contributed by atoms with Crippen LogP contribution >= 0.6 is 11.3 Å². The summed E-state index contributed by atoms with van der Waals surface area (Å²) in [5.74, 6) is 0.127. The molecule has 4 heteroatoms. The summed E-state index contributed by atoms with van der Waals surface area (Å²) < 4.78 is 14.0. The summed E-state index contributed by atoms with van der Waals surface area (Å²) in [5, 5.41) is 7.91. The molecule has 2 unspecified atom stereocenters. The minimum atomic E-state index is -0.993. The maximum atomic E-state index is 14.0. The average molecular weight is 308 g/mol. The number of hydrogen-bond donors (Lipinski definition) is 2. The Labute approximate surface area is 130 Å². The van der Waals surface area contributed by atoms with Crippen molar-refractivity contribution in [3.63, 3.8) is 0 Å². The molecule has 21 heavy (non-hydrogen) atoms. The maximum Gasteiger partial charge on any atom is 0.112 e. The molecule has 0 spiro atoms. The molecule has 2 aliphatic rings. The van der Waals surface area contributed by atoms with Gasteiger partial charge in [0.05, 0.1) is 5.00 Å². The van der Waals surface area contributed by atoms with E-state index in [1.807, 2.05) is 18.4 Å². The first-order chi connectivity index (χ1) is 10.0. The lowest BCUT2D eigenvalue weighted by Crippen LogP contribution is -2.45. The summed E-state index contributed by atoms with van der Waals surface area (Å²) >= 11 is 1.86. The zero-order chi connectivity index (χ0) is 15.0. The summed E-state index contributed by atoms with van der Waals surface area (Å²) in [6.45, 7) is 6.64. The summed E-state index contributed by atoms with van der Waals surface area (Å²) in [5.41, 5.74) is 2.68. The zero-order valence-electron chi connectivity index (χ0n) is 13.0. The van der Waals surface area contributed by atoms with Crippen molar-refractivity contribution in [2.24, 2.45) is 5.92 Å². The highest BCUT2D eigenvalue weighted by Gasteiger charge is 2.42. The monoisotopic (exact) mass is 308 g/mol. The number of rotatable bonds is 5. The molecule has 1 heterocycles. The lowest BCUT2D eigenvalue weighted by Gasteiger charge is -2.40. The molecule has 1 fully saturated rings. The van der Waals surface area contributed by atoms with Crippen LogP contribution in [0.25, 0.3) is 5.70 Å². The van der Waals surface area contributed by atoms with Crippen LogP contribution in [0, 0.1) is 5.92 Å². The third kappa shape index (κ3) is 2.70. The Hall–Kier alpha value is -1.03. The summed E-state index contributed by atoms with van der Waals surface area (Å²) in [6.07, 6.45) is 6.56. The molecule has 2 atom stereocenters. The lowest BCUT2D eigenvalue weighted by molar-refractivity contribution is 0.00590. The number of thiophene rings is 1. The number of nitrogens with one attached hydrogen (secondary N) is 2. The van der Waals surface area contributed by atoms with E-state index in [1.165, 1.54) is 40.3 Å². The first-order valence-corrected chi connectivity index (χ1v) is 8.79. The Morgan fingerprint density at radius 3 is 2.81 bits per heavy atom. The van der Waals surface area contributed by atoms with Crippen molar-refractivity contribution in [1.29, 1.82) is 0 Å². The fourth-order valence-electron chi connectivity index (χ4n) is 3.46. The Balaban J connectivity index is 1.73. The van der Waals surface area contributed by atoms with Gasteiger partial charge in [-0.25, -0.2) is 4.39 Å². The predicted octanol–water partition coefficient (Wildman–Crippen LogP) is 4.37. The van der Waals surface area contributed by atoms with E-state index in [0.717, 1.165) is 18.5 Å². The SMILES string of the molecule is C=C(NCC1CCC1(C)F)c1c(NC)sc2c1CCCC2. The minimum Gasteiger partial charge on any atom is -0.385 e. The first kappa shape index (κ1) is 14.9. The minimum absolute atomic E-state index is 0.127. The molecule has 0 bridgehead atoms. The van der Waals surface area contributed by atoms with Crippen molar-refractivity contribution in [1.82, 2.24) is 5.32 Å². The van der Waals surface area contributed by atoms with Gasteiger partial charge in [0.15, 0.2) is 0 Å². The predicted molar refractivity (Wildman–Crippen MR) is 89.8 cm³/mol. The maximum absolute atomic E-state index is 14.0. The van der Waals surface area contributed by atoms with Gasteiger partial charge in [-0.3, -0.25) is 0 Å². The van der Waals surface area contributed by atoms with Crippen LogP contribution in [0.3, 0.4) is 0 Å². The van der Waals surface area contributed by atoms with Crippen LogP contribution in [-0.2, 0) is 12.8 Å². The molecule has 116 valence electrons. The quantitative estimate of drug-likeness (QED) is 0.844. The van der Waals surface area contributed by atoms with Crippen molar-refractivity contribution < 1.29 is 4.39 Å². The van der Waals surface area contributed by atoms with Crippen LogP contribution in [0.1, 0.15) is 48.6 Å². The smallest absolute Gasteiger partial charge is 0.112 e. The summed E-state index contributed by atoms with van der Waals surface area (Å²) in [4.78, 5) is 1.50. The van der Waals surface area contributed by atoms with Crippen molar-refractivity contribution in [2.75, 3.05) is 18.9 Å². The van der Waals surface area contributed by atoms with E-state index in [2.05, 4.69) is 17.2 Å². The number of alkyl halides is 1. The highest BCUT2D eigenvalue weighted by Crippen LogP contribution is 2.43. The molecule has 2 aliphatic carbocycles. The molecule has 1 saturated carbocycles. The van der Waals surface area contributed by atoms with Gasteiger partial charge in [-0.1, -0.05) is 6.58 Å². The van der Waals surface area contributed by atoms with Gasteiger partial charge in [0.1, 0.15) is 5.67 Å². The van der Waals surface area contributed by atoms with E-state index in [9.17, 15) is 4.39 Å². The molecule has 2 nitrogen and oxygen atoms in total. The van der Waals surface area contributed by atoms with Crippen LogP contribution in [-0.4, -0.2) is 19.3 Å². The lowest BCUT2D eigenvalue weighted by atomic mass is 9.72. The van der Waals surface area contributed by atoms with E-state index in [1.54, 1.807) is 6.92 Å². The summed E-state index contributed by atoms with van der Waals surface area (Å²) in [7, 11) is 1.97. The van der Waals surface area contributed by atoms with Crippen molar-refractivity contribution in [2.45, 2.75) is 51.1 Å². The Morgan fingerprint density at radius 1 is 1.43 bits per heavy atom. The van der Waals surface area contributed by atoms with Crippen molar-refractivity contribution in [3.05, 3.63) is 22.6 Å². The Kier molecular flexibility index (Phi) is 4.00. The fourth-order valence-corrected chi connectivity index (χ4v) is 4.73. The number of hydrogen-bond acceptors (Lipinski definition) is 3. The molecule has 0 radical (unpaired) electrons. The molecule has 2 N–H and O–H groups in total. The third-order valence-electron chi connectivity index (χ3n) is 5.09. The Bertz CT molecular complexity index is 547. The van der Waals surface area contributed by atoms with E-state index >= 15 is 0 Å². The normalized spacial score (nSPS) is 27.7. The van der Waals surface area contributed by atoms with E-state index in [0.29, 0.717) is 13.0 Å². The van der Waals surface area contributed by atoms with Gasteiger partial charge >= 0.3 is 0 Å². The number of aryl methyl sites for hydroxylation is 1. The van der Waals surface area contributed by atoms with Crippen LogP contribution in [0.2, 0.25) is 0 Å². The van der Waals surface area contributed by atoms with Gasteiger partial charge < -0.3 is 10.6 Å². The van der Waals surface area contributed by atoms with Gasteiger partial charge in [-0.05, 0) is 51.0 Å². The molecule has 0 aromatic carbocycles. The highest BCUT2D eigenvalue weighted by atomic mass is 32.1. The van der Waals surface area contributed by atoms with Crippen LogP contribution in [0.4, 0.5) is 9.39 Å². The molecule has 0 saturated heterocycles. The van der Waals surface area contributed by atoms with Crippen LogP contribution < -0.4 is 10.6 Å². The Morgan fingerprint density at radius 2 is 2.19 bits per heavy atom. The molecular formula is C17H25FN2S. The highest BCUT2D eigenvalue weighted by molar-refractivity contribution is 7.16. The van der Waals surface area contributed by atoms with E-state index in [-0.39, 0.29) is 5.92 Å². The van der Waals surface area contributed by atoms with E-state index < -0.39 is 5.67 Å². The molecule has 1 aromatic heterocycles. The second-order valence-electron chi connectivity index (χ2n) is 6.54. The van der Waals surface area contributed by atoms with Gasteiger partial charge in [0.25, 0.3) is 0 Å². The topological polar surface area (TPSA) is 24.1 Å². The fraction of sp³-hybridized carbons (Fsp3) is 0.647. The summed E-state index contributed by atoms with van der Waals surface area (Å²) in [6, 6.07) is 0. The molecule has 1 aromatic rings. The second kappa shape index (κ2) is 5.64. The van der Waals surface area contributed by atoms with Crippen molar-refractivity contribution >= 4 is 22.0 Å².